The van der Waals surface area contributed by atoms with Crippen LogP contribution in [0.3, 0.4) is 0 Å². The van der Waals surface area contributed by atoms with E-state index in [4.69, 9.17) is 12.2 Å². The van der Waals surface area contributed by atoms with E-state index in [1.165, 1.54) is 23.1 Å². The van der Waals surface area contributed by atoms with Crippen LogP contribution in [0.4, 0.5) is 0 Å². The van der Waals surface area contributed by atoms with Crippen molar-refractivity contribution in [2.24, 2.45) is 0 Å². The van der Waals surface area contributed by atoms with Crippen LogP contribution in [-0.4, -0.2) is 39.4 Å². The molecule has 0 saturated heterocycles. The maximum absolute atomic E-state index is 12.3. The van der Waals surface area contributed by atoms with Crippen molar-refractivity contribution in [1.29, 1.82) is 0 Å². The van der Waals surface area contributed by atoms with E-state index in [0.29, 0.717) is 22.8 Å². The number of para-hydroxylation sites is 1. The third-order valence-corrected chi connectivity index (χ3v) is 5.39. The summed E-state index contributed by atoms with van der Waals surface area (Å²) in [6.45, 7) is 9.04. The molecule has 0 fully saturated rings. The van der Waals surface area contributed by atoms with Crippen molar-refractivity contribution in [3.63, 3.8) is 0 Å². The Morgan fingerprint density at radius 2 is 2.13 bits per heavy atom. The highest BCUT2D eigenvalue weighted by atomic mass is 32.2. The van der Waals surface area contributed by atoms with Crippen molar-refractivity contribution in [1.82, 2.24) is 14.7 Å². The Morgan fingerprint density at radius 3 is 2.74 bits per heavy atom. The number of amides is 1. The lowest BCUT2D eigenvalue weighted by atomic mass is 10.3. The molecule has 0 N–H and O–H groups in total. The first kappa shape index (κ1) is 17.9. The molecule has 0 radical (unpaired) electrons. The van der Waals surface area contributed by atoms with Crippen LogP contribution in [0.1, 0.15) is 13.8 Å². The quantitative estimate of drug-likeness (QED) is 0.419. The van der Waals surface area contributed by atoms with Gasteiger partial charge in [0, 0.05) is 13.1 Å². The van der Waals surface area contributed by atoms with Crippen molar-refractivity contribution in [3.8, 4) is 5.69 Å². The van der Waals surface area contributed by atoms with Crippen LogP contribution in [0.25, 0.3) is 5.69 Å². The molecule has 0 atom stereocenters. The minimum absolute atomic E-state index is 0.0906. The van der Waals surface area contributed by atoms with E-state index < -0.39 is 0 Å². The summed E-state index contributed by atoms with van der Waals surface area (Å²) in [5.74, 6) is 0.450. The molecule has 0 aliphatic carbocycles. The van der Waals surface area contributed by atoms with Gasteiger partial charge < -0.3 is 4.90 Å². The Balaban J connectivity index is 2.03. The number of rotatable bonds is 7. The summed E-state index contributed by atoms with van der Waals surface area (Å²) in [6.07, 6.45) is 0. The van der Waals surface area contributed by atoms with Gasteiger partial charge in [-0.3, -0.25) is 4.79 Å². The molecule has 0 aliphatic rings. The number of aromatic nitrogens is 2. The number of carbonyl (C=O) groups excluding carboxylic acids is 1. The van der Waals surface area contributed by atoms with E-state index in [1.54, 1.807) is 9.58 Å². The lowest BCUT2D eigenvalue weighted by Gasteiger charge is -2.20. The zero-order valence-corrected chi connectivity index (χ0v) is 15.6. The predicted molar refractivity (Wildman–Crippen MR) is 100 cm³/mol. The summed E-state index contributed by atoms with van der Waals surface area (Å²) >= 11 is 8.22. The number of nitrogens with zero attached hydrogens (tertiary/aromatic N) is 3. The SMILES string of the molecule is C=C(C)CN(CC)C(=O)CSc1nn(-c2ccccc2)c(=S)s1. The molecule has 4 nitrogen and oxygen atoms in total. The van der Waals surface area contributed by atoms with Gasteiger partial charge in [0.15, 0.2) is 8.29 Å². The Bertz CT molecular complexity index is 737. The zero-order chi connectivity index (χ0) is 16.8. The highest BCUT2D eigenvalue weighted by molar-refractivity contribution is 8.01. The summed E-state index contributed by atoms with van der Waals surface area (Å²) in [6, 6.07) is 9.77. The van der Waals surface area contributed by atoms with Crippen molar-refractivity contribution in [2.45, 2.75) is 18.2 Å². The monoisotopic (exact) mass is 365 g/mol. The van der Waals surface area contributed by atoms with Crippen molar-refractivity contribution in [2.75, 3.05) is 18.8 Å². The number of hydrogen-bond acceptors (Lipinski definition) is 5. The number of benzene rings is 1. The second-order valence-corrected chi connectivity index (χ2v) is 7.88. The minimum atomic E-state index is 0.0906. The lowest BCUT2D eigenvalue weighted by molar-refractivity contribution is -0.127. The fraction of sp³-hybridized carbons (Fsp3) is 0.312. The van der Waals surface area contributed by atoms with Gasteiger partial charge in [-0.2, -0.15) is 0 Å². The third kappa shape index (κ3) is 5.02. The summed E-state index contributed by atoms with van der Waals surface area (Å²) in [5, 5.41) is 4.50. The maximum Gasteiger partial charge on any atom is 0.233 e. The van der Waals surface area contributed by atoms with Crippen LogP contribution >= 0.6 is 35.3 Å². The molecule has 2 rings (SSSR count). The van der Waals surface area contributed by atoms with Gasteiger partial charge in [-0.05, 0) is 38.2 Å². The van der Waals surface area contributed by atoms with E-state index in [1.807, 2.05) is 44.2 Å². The summed E-state index contributed by atoms with van der Waals surface area (Å²) in [4.78, 5) is 14.0. The smallest absolute Gasteiger partial charge is 0.233 e. The van der Waals surface area contributed by atoms with Gasteiger partial charge in [-0.25, -0.2) is 4.68 Å². The van der Waals surface area contributed by atoms with Crippen molar-refractivity contribution >= 4 is 41.2 Å². The summed E-state index contributed by atoms with van der Waals surface area (Å²) < 4.78 is 3.22. The van der Waals surface area contributed by atoms with Crippen LogP contribution in [0.15, 0.2) is 46.8 Å². The molecule has 0 bridgehead atoms. The maximum atomic E-state index is 12.3. The molecule has 1 aromatic carbocycles. The molecular formula is C16H19N3OS3. The van der Waals surface area contributed by atoms with Gasteiger partial charge in [-0.15, -0.1) is 5.10 Å². The Kier molecular flexibility index (Phi) is 6.56. The molecule has 1 heterocycles. The Hall–Kier alpha value is -1.44. The topological polar surface area (TPSA) is 38.1 Å². The van der Waals surface area contributed by atoms with Crippen LogP contribution in [-0.2, 0) is 4.79 Å². The molecule has 1 aromatic heterocycles. The fourth-order valence-electron chi connectivity index (χ4n) is 1.97. The van der Waals surface area contributed by atoms with Crippen LogP contribution in [0.5, 0.6) is 0 Å². The second kappa shape index (κ2) is 8.42. The van der Waals surface area contributed by atoms with Gasteiger partial charge >= 0.3 is 0 Å². The molecule has 1 amide bonds. The Labute approximate surface area is 149 Å². The molecular weight excluding hydrogens is 346 g/mol. The molecule has 2 aromatic rings. The van der Waals surface area contributed by atoms with Gasteiger partial charge in [0.1, 0.15) is 0 Å². The molecule has 0 saturated carbocycles. The van der Waals surface area contributed by atoms with Gasteiger partial charge in [0.05, 0.1) is 11.4 Å². The molecule has 0 unspecified atom stereocenters. The molecule has 122 valence electrons. The van der Waals surface area contributed by atoms with Crippen LogP contribution in [0.2, 0.25) is 0 Å². The van der Waals surface area contributed by atoms with E-state index in [0.717, 1.165) is 15.6 Å². The molecule has 7 heteroatoms. The average Bonchev–Trinajstić information content (AvgIpc) is 2.92. The highest BCUT2D eigenvalue weighted by Gasteiger charge is 2.14. The predicted octanol–water partition coefficient (Wildman–Crippen LogP) is 4.18. The fourth-order valence-corrected chi connectivity index (χ4v) is 4.23. The first-order chi connectivity index (χ1) is 11.0. The van der Waals surface area contributed by atoms with Gasteiger partial charge in [0.2, 0.25) is 5.91 Å². The lowest BCUT2D eigenvalue weighted by Crippen LogP contribution is -2.33. The van der Waals surface area contributed by atoms with E-state index in [9.17, 15) is 4.79 Å². The van der Waals surface area contributed by atoms with Crippen molar-refractivity contribution < 1.29 is 4.79 Å². The standard InChI is InChI=1S/C16H19N3OS3/c1-4-18(10-12(2)3)14(20)11-22-15-17-19(16(21)23-15)13-8-6-5-7-9-13/h5-9H,2,4,10-11H2,1,3H3. The van der Waals surface area contributed by atoms with Crippen molar-refractivity contribution in [3.05, 3.63) is 46.4 Å². The Morgan fingerprint density at radius 1 is 1.43 bits per heavy atom. The van der Waals surface area contributed by atoms with E-state index in [-0.39, 0.29) is 5.91 Å². The molecule has 0 spiro atoms. The first-order valence-electron chi connectivity index (χ1n) is 7.21. The summed E-state index contributed by atoms with van der Waals surface area (Å²) in [7, 11) is 0. The number of likely N-dealkylation sites (N-methyl/N-ethyl adjacent to an activating group) is 1. The first-order valence-corrected chi connectivity index (χ1v) is 9.42. The number of carbonyl (C=O) groups is 1. The van der Waals surface area contributed by atoms with Gasteiger partial charge in [0.25, 0.3) is 0 Å². The zero-order valence-electron chi connectivity index (χ0n) is 13.2. The summed E-state index contributed by atoms with van der Waals surface area (Å²) in [5.41, 5.74) is 1.92. The van der Waals surface area contributed by atoms with E-state index in [2.05, 4.69) is 11.7 Å². The van der Waals surface area contributed by atoms with Crippen LogP contribution in [0, 0.1) is 3.95 Å². The normalized spacial score (nSPS) is 10.5. The third-order valence-electron chi connectivity index (χ3n) is 3.04. The van der Waals surface area contributed by atoms with E-state index >= 15 is 0 Å². The highest BCUT2D eigenvalue weighted by Crippen LogP contribution is 2.24. The second-order valence-electron chi connectivity index (χ2n) is 5.03. The number of hydrogen-bond donors (Lipinski definition) is 0. The largest absolute Gasteiger partial charge is 0.338 e. The molecule has 0 aliphatic heterocycles. The molecule has 23 heavy (non-hydrogen) atoms. The minimum Gasteiger partial charge on any atom is -0.338 e. The van der Waals surface area contributed by atoms with Crippen LogP contribution < -0.4 is 0 Å². The average molecular weight is 366 g/mol. The van der Waals surface area contributed by atoms with Gasteiger partial charge in [-0.1, -0.05) is 53.4 Å². The number of thioether (sulfide) groups is 1.